The van der Waals surface area contributed by atoms with E-state index in [0.717, 1.165) is 11.8 Å². The third-order valence-electron chi connectivity index (χ3n) is 1.73. The molecule has 3 nitrogen and oxygen atoms in total. The van der Waals surface area contributed by atoms with Crippen LogP contribution in [0, 0.1) is 11.3 Å². The molecule has 0 saturated carbocycles. The molecule has 0 aliphatic rings. The van der Waals surface area contributed by atoms with E-state index in [1.54, 1.807) is 30.4 Å². The zero-order chi connectivity index (χ0) is 10.4. The molecule has 0 fully saturated rings. The molecule has 0 amide bonds. The van der Waals surface area contributed by atoms with Gasteiger partial charge in [0.15, 0.2) is 0 Å². The predicted molar refractivity (Wildman–Crippen MR) is 55.3 cm³/mol. The lowest BCUT2D eigenvalue weighted by Gasteiger charge is -1.98. The molecule has 0 aliphatic carbocycles. The first-order valence-corrected chi connectivity index (χ1v) is 4.17. The van der Waals surface area contributed by atoms with Gasteiger partial charge in [-0.2, -0.15) is 5.26 Å². The van der Waals surface area contributed by atoms with Gasteiger partial charge in [0.25, 0.3) is 0 Å². The highest BCUT2D eigenvalue weighted by molar-refractivity contribution is 5.64. The van der Waals surface area contributed by atoms with Crippen LogP contribution >= 0.6 is 0 Å². The number of aldehydes is 1. The van der Waals surface area contributed by atoms with E-state index in [2.05, 4.69) is 0 Å². The van der Waals surface area contributed by atoms with E-state index in [9.17, 15) is 4.79 Å². The Morgan fingerprint density at radius 2 is 2.29 bits per heavy atom. The summed E-state index contributed by atoms with van der Waals surface area (Å²) in [5.74, 6) is 0. The maximum atomic E-state index is 10.1. The van der Waals surface area contributed by atoms with E-state index in [1.807, 2.05) is 6.07 Å². The number of nitrogens with two attached hydrogens (primary N) is 1. The fourth-order valence-corrected chi connectivity index (χ4v) is 1.07. The van der Waals surface area contributed by atoms with Crippen LogP contribution in [0.1, 0.15) is 17.5 Å². The van der Waals surface area contributed by atoms with E-state index < -0.39 is 0 Å². The van der Waals surface area contributed by atoms with Crippen molar-refractivity contribution in [2.24, 2.45) is 0 Å². The minimum absolute atomic E-state index is 0.356. The van der Waals surface area contributed by atoms with Crippen LogP contribution in [0.25, 0.3) is 6.08 Å². The number of carbonyl (C=O) groups is 1. The van der Waals surface area contributed by atoms with Crippen molar-refractivity contribution in [2.75, 3.05) is 5.73 Å². The zero-order valence-electron chi connectivity index (χ0n) is 7.60. The van der Waals surface area contributed by atoms with Gasteiger partial charge < -0.3 is 10.5 Å². The summed E-state index contributed by atoms with van der Waals surface area (Å²) in [4.78, 5) is 10.1. The molecule has 0 saturated heterocycles. The number of allylic oxidation sites excluding steroid dienone is 1. The predicted octanol–water partition coefficient (Wildman–Crippen LogP) is 1.74. The molecule has 0 radical (unpaired) electrons. The highest BCUT2D eigenvalue weighted by atomic mass is 16.1. The van der Waals surface area contributed by atoms with E-state index in [1.165, 1.54) is 0 Å². The number of hydrogen-bond donors (Lipinski definition) is 1. The lowest BCUT2D eigenvalue weighted by molar-refractivity contribution is -0.107. The molecule has 0 heterocycles. The topological polar surface area (TPSA) is 66.9 Å². The van der Waals surface area contributed by atoms with Crippen LogP contribution in [0.3, 0.4) is 0 Å². The largest absolute Gasteiger partial charge is 0.399 e. The minimum Gasteiger partial charge on any atom is -0.399 e. The van der Waals surface area contributed by atoms with Crippen molar-refractivity contribution in [1.29, 1.82) is 5.26 Å². The molecular weight excluding hydrogens is 176 g/mol. The van der Waals surface area contributed by atoms with Gasteiger partial charge in [0.1, 0.15) is 6.29 Å². The van der Waals surface area contributed by atoms with Gasteiger partial charge in [-0.1, -0.05) is 18.2 Å². The first-order chi connectivity index (χ1) is 6.77. The van der Waals surface area contributed by atoms with Gasteiger partial charge in [0.2, 0.25) is 0 Å². The van der Waals surface area contributed by atoms with Gasteiger partial charge in [-0.25, -0.2) is 0 Å². The number of nitrogens with zero attached hydrogens (tertiary/aromatic N) is 1. The normalized spacial score (nSPS) is 9.93. The summed E-state index contributed by atoms with van der Waals surface area (Å²) in [5, 5.41) is 8.79. The Bertz CT molecular complexity index is 402. The lowest BCUT2D eigenvalue weighted by Crippen LogP contribution is -1.88. The summed E-state index contributed by atoms with van der Waals surface area (Å²) in [6, 6.07) is 7.14. The van der Waals surface area contributed by atoms with E-state index >= 15 is 0 Å². The zero-order valence-corrected chi connectivity index (χ0v) is 7.60. The Morgan fingerprint density at radius 1 is 1.50 bits per heavy atom. The summed E-state index contributed by atoms with van der Waals surface area (Å²) in [6.07, 6.45) is 4.61. The van der Waals surface area contributed by atoms with E-state index in [0.29, 0.717) is 17.7 Å². The quantitative estimate of drug-likeness (QED) is 0.577. The Hall–Kier alpha value is -2.08. The number of nitriles is 1. The maximum absolute atomic E-state index is 10.1. The molecule has 1 rings (SSSR count). The van der Waals surface area contributed by atoms with E-state index in [-0.39, 0.29) is 0 Å². The number of anilines is 1. The molecule has 1 aromatic carbocycles. The van der Waals surface area contributed by atoms with Crippen molar-refractivity contribution < 1.29 is 4.79 Å². The van der Waals surface area contributed by atoms with Gasteiger partial charge in [0.05, 0.1) is 11.6 Å². The average molecular weight is 186 g/mol. The summed E-state index contributed by atoms with van der Waals surface area (Å²) < 4.78 is 0. The van der Waals surface area contributed by atoms with Gasteiger partial charge in [0, 0.05) is 12.1 Å². The number of nitrogen functional groups attached to an aromatic ring is 1. The molecule has 0 spiro atoms. The van der Waals surface area contributed by atoms with Crippen molar-refractivity contribution in [1.82, 2.24) is 0 Å². The number of hydrogen-bond acceptors (Lipinski definition) is 3. The molecular formula is C11H10N2O. The molecule has 0 atom stereocenters. The molecule has 0 unspecified atom stereocenters. The van der Waals surface area contributed by atoms with Crippen LogP contribution in [-0.4, -0.2) is 6.29 Å². The highest BCUT2D eigenvalue weighted by Gasteiger charge is 1.97. The summed E-state index contributed by atoms with van der Waals surface area (Å²) >= 11 is 0. The second-order valence-electron chi connectivity index (χ2n) is 2.76. The van der Waals surface area contributed by atoms with Crippen LogP contribution < -0.4 is 5.73 Å². The van der Waals surface area contributed by atoms with Crippen molar-refractivity contribution >= 4 is 18.0 Å². The van der Waals surface area contributed by atoms with Gasteiger partial charge >= 0.3 is 0 Å². The first kappa shape index (κ1) is 10.0. The second-order valence-corrected chi connectivity index (χ2v) is 2.76. The van der Waals surface area contributed by atoms with Gasteiger partial charge in [-0.15, -0.1) is 0 Å². The fourth-order valence-electron chi connectivity index (χ4n) is 1.07. The standard InChI is InChI=1S/C11H10N2O/c12-8-10-7-11(13)5-4-9(10)3-1-2-6-14/h1,3-7H,2,13H2. The third kappa shape index (κ3) is 2.46. The van der Waals surface area contributed by atoms with Crippen molar-refractivity contribution in [3.63, 3.8) is 0 Å². The second kappa shape index (κ2) is 4.83. The number of benzene rings is 1. The molecule has 70 valence electrons. The van der Waals surface area contributed by atoms with Gasteiger partial charge in [-0.05, 0) is 17.7 Å². The number of carbonyl (C=O) groups excluding carboxylic acids is 1. The number of rotatable bonds is 3. The van der Waals surface area contributed by atoms with Gasteiger partial charge in [-0.3, -0.25) is 0 Å². The molecule has 0 aromatic heterocycles. The molecule has 0 bridgehead atoms. The van der Waals surface area contributed by atoms with E-state index in [4.69, 9.17) is 11.0 Å². The summed E-state index contributed by atoms with van der Waals surface area (Å²) in [6.45, 7) is 0. The van der Waals surface area contributed by atoms with Crippen LogP contribution in [0.2, 0.25) is 0 Å². The molecule has 1 aromatic rings. The summed E-state index contributed by atoms with van der Waals surface area (Å²) in [7, 11) is 0. The smallest absolute Gasteiger partial charge is 0.123 e. The highest BCUT2D eigenvalue weighted by Crippen LogP contribution is 2.14. The molecule has 3 heteroatoms. The third-order valence-corrected chi connectivity index (χ3v) is 1.73. The Balaban J connectivity index is 2.97. The Morgan fingerprint density at radius 3 is 2.93 bits per heavy atom. The summed E-state index contributed by atoms with van der Waals surface area (Å²) in [5.41, 5.74) is 7.39. The molecule has 14 heavy (non-hydrogen) atoms. The maximum Gasteiger partial charge on any atom is 0.123 e. The molecule has 2 N–H and O–H groups in total. The monoisotopic (exact) mass is 186 g/mol. The lowest BCUT2D eigenvalue weighted by atomic mass is 10.1. The Kier molecular flexibility index (Phi) is 3.45. The fraction of sp³-hybridized carbons (Fsp3) is 0.0909. The van der Waals surface area contributed by atoms with Crippen LogP contribution in [-0.2, 0) is 4.79 Å². The van der Waals surface area contributed by atoms with Crippen molar-refractivity contribution in [2.45, 2.75) is 6.42 Å². The first-order valence-electron chi connectivity index (χ1n) is 4.17. The van der Waals surface area contributed by atoms with Crippen LogP contribution in [0.15, 0.2) is 24.3 Å². The Labute approximate surface area is 82.5 Å². The van der Waals surface area contributed by atoms with Crippen molar-refractivity contribution in [3.05, 3.63) is 35.4 Å². The van der Waals surface area contributed by atoms with Crippen LogP contribution in [0.5, 0.6) is 0 Å². The van der Waals surface area contributed by atoms with Crippen LogP contribution in [0.4, 0.5) is 5.69 Å². The average Bonchev–Trinajstić information content (AvgIpc) is 2.20. The van der Waals surface area contributed by atoms with Crippen molar-refractivity contribution in [3.8, 4) is 6.07 Å². The SMILES string of the molecule is N#Cc1cc(N)ccc1C=CCC=O. The molecule has 0 aliphatic heterocycles. The minimum atomic E-state index is 0.356.